The molecule has 0 aromatic carbocycles. The van der Waals surface area contributed by atoms with Crippen molar-refractivity contribution in [2.24, 2.45) is 10.4 Å². The first kappa shape index (κ1) is 22.0. The number of nitrogens with one attached hydrogen (secondary N) is 2. The maximum atomic E-state index is 5.48. The Morgan fingerprint density at radius 2 is 2.00 bits per heavy atom. The highest BCUT2D eigenvalue weighted by atomic mass is 127. The zero-order chi connectivity index (χ0) is 17.6. The quantitative estimate of drug-likeness (QED) is 0.368. The summed E-state index contributed by atoms with van der Waals surface area (Å²) in [5.74, 6) is 1.78. The molecule has 1 aliphatic carbocycles. The van der Waals surface area contributed by atoms with Crippen LogP contribution in [0.1, 0.15) is 56.4 Å². The van der Waals surface area contributed by atoms with Crippen molar-refractivity contribution in [1.29, 1.82) is 0 Å². The Bertz CT molecular complexity index is 580. The van der Waals surface area contributed by atoms with Crippen LogP contribution in [0.4, 0.5) is 0 Å². The Hall–Kier alpha value is -1.05. The predicted molar refractivity (Wildman–Crippen MR) is 115 cm³/mol. The molecule has 6 heteroatoms. The first-order valence-electron chi connectivity index (χ1n) is 9.06. The van der Waals surface area contributed by atoms with E-state index in [4.69, 9.17) is 9.73 Å². The fourth-order valence-corrected chi connectivity index (χ4v) is 3.33. The van der Waals surface area contributed by atoms with Crippen LogP contribution in [0.15, 0.2) is 11.2 Å². The molecule has 0 atom stereocenters. The van der Waals surface area contributed by atoms with E-state index >= 15 is 0 Å². The van der Waals surface area contributed by atoms with Gasteiger partial charge >= 0.3 is 0 Å². The Morgan fingerprint density at radius 1 is 1.28 bits per heavy atom. The largest absolute Gasteiger partial charge is 0.496 e. The van der Waals surface area contributed by atoms with Gasteiger partial charge in [-0.3, -0.25) is 4.98 Å². The van der Waals surface area contributed by atoms with Gasteiger partial charge in [-0.05, 0) is 45.4 Å². The number of guanidine groups is 1. The molecule has 0 unspecified atom stereocenters. The minimum Gasteiger partial charge on any atom is -0.496 e. The van der Waals surface area contributed by atoms with E-state index in [-0.39, 0.29) is 24.0 Å². The van der Waals surface area contributed by atoms with Crippen LogP contribution < -0.4 is 15.4 Å². The van der Waals surface area contributed by atoms with Gasteiger partial charge in [0.25, 0.3) is 0 Å². The van der Waals surface area contributed by atoms with E-state index in [1.54, 1.807) is 7.11 Å². The van der Waals surface area contributed by atoms with Gasteiger partial charge in [0.2, 0.25) is 0 Å². The molecule has 0 radical (unpaired) electrons. The third-order valence-corrected chi connectivity index (χ3v) is 5.28. The number of aromatic nitrogens is 1. The lowest BCUT2D eigenvalue weighted by Crippen LogP contribution is -2.46. The molecule has 1 fully saturated rings. The third kappa shape index (κ3) is 5.46. The highest BCUT2D eigenvalue weighted by Crippen LogP contribution is 2.42. The topological polar surface area (TPSA) is 58.5 Å². The van der Waals surface area contributed by atoms with Crippen molar-refractivity contribution < 1.29 is 4.74 Å². The number of hydrogen-bond acceptors (Lipinski definition) is 3. The monoisotopic (exact) mass is 460 g/mol. The fourth-order valence-electron chi connectivity index (χ4n) is 3.33. The number of nitrogens with zero attached hydrogens (tertiary/aromatic N) is 2. The number of pyridine rings is 1. The van der Waals surface area contributed by atoms with Crippen LogP contribution in [0.5, 0.6) is 5.75 Å². The second-order valence-corrected chi connectivity index (χ2v) is 6.80. The van der Waals surface area contributed by atoms with E-state index in [1.807, 2.05) is 20.0 Å². The van der Waals surface area contributed by atoms with Gasteiger partial charge < -0.3 is 15.4 Å². The number of aryl methyl sites for hydroxylation is 1. The lowest BCUT2D eigenvalue weighted by Gasteiger charge is -2.41. The molecule has 2 rings (SSSR count). The number of ether oxygens (including phenoxy) is 1. The first-order valence-corrected chi connectivity index (χ1v) is 9.06. The summed E-state index contributed by atoms with van der Waals surface area (Å²) < 4.78 is 5.48. The average Bonchev–Trinajstić information content (AvgIpc) is 2.53. The molecule has 0 aliphatic heterocycles. The van der Waals surface area contributed by atoms with Gasteiger partial charge in [0.15, 0.2) is 5.96 Å². The summed E-state index contributed by atoms with van der Waals surface area (Å²) in [4.78, 5) is 9.25. The number of rotatable bonds is 7. The molecule has 0 bridgehead atoms. The minimum atomic E-state index is 0. The molecule has 1 aromatic heterocycles. The molecule has 0 saturated heterocycles. The molecule has 5 nitrogen and oxygen atoms in total. The van der Waals surface area contributed by atoms with E-state index in [0.29, 0.717) is 12.0 Å². The van der Waals surface area contributed by atoms with Gasteiger partial charge in [0.05, 0.1) is 19.3 Å². The van der Waals surface area contributed by atoms with Gasteiger partial charge in [-0.15, -0.1) is 24.0 Å². The Labute approximate surface area is 169 Å². The molecule has 25 heavy (non-hydrogen) atoms. The molecule has 142 valence electrons. The van der Waals surface area contributed by atoms with Crippen LogP contribution in [0.25, 0.3) is 0 Å². The van der Waals surface area contributed by atoms with Gasteiger partial charge in [-0.25, -0.2) is 4.99 Å². The molecular formula is C19H33IN4O. The second kappa shape index (κ2) is 10.2. The lowest BCUT2D eigenvalue weighted by atomic mass is 9.67. The smallest absolute Gasteiger partial charge is 0.191 e. The van der Waals surface area contributed by atoms with Crippen molar-refractivity contribution in [2.45, 2.75) is 59.9 Å². The second-order valence-electron chi connectivity index (χ2n) is 6.80. The van der Waals surface area contributed by atoms with Gasteiger partial charge in [0, 0.05) is 30.4 Å². The highest BCUT2D eigenvalue weighted by molar-refractivity contribution is 14.0. The van der Waals surface area contributed by atoms with Crippen molar-refractivity contribution in [3.8, 4) is 5.75 Å². The number of halogens is 1. The van der Waals surface area contributed by atoms with E-state index in [1.165, 1.54) is 25.7 Å². The van der Waals surface area contributed by atoms with Crippen molar-refractivity contribution in [3.63, 3.8) is 0 Å². The zero-order valence-electron chi connectivity index (χ0n) is 16.2. The maximum absolute atomic E-state index is 5.48. The SMILES string of the molecule is CCNC(=NCc1ncc(C)c(OC)c1C)NCC1(CC)CCC1.I. The van der Waals surface area contributed by atoms with E-state index in [2.05, 4.69) is 29.5 Å². The summed E-state index contributed by atoms with van der Waals surface area (Å²) in [6.45, 7) is 10.8. The zero-order valence-corrected chi connectivity index (χ0v) is 18.6. The average molecular weight is 460 g/mol. The Morgan fingerprint density at radius 3 is 2.52 bits per heavy atom. The van der Waals surface area contributed by atoms with Gasteiger partial charge in [-0.1, -0.05) is 13.3 Å². The molecule has 2 N–H and O–H groups in total. The van der Waals surface area contributed by atoms with E-state index in [0.717, 1.165) is 41.6 Å². The van der Waals surface area contributed by atoms with Crippen LogP contribution in [0.2, 0.25) is 0 Å². The van der Waals surface area contributed by atoms with Crippen LogP contribution >= 0.6 is 24.0 Å². The predicted octanol–water partition coefficient (Wildman–Crippen LogP) is 3.96. The summed E-state index contributed by atoms with van der Waals surface area (Å²) in [7, 11) is 1.71. The highest BCUT2D eigenvalue weighted by Gasteiger charge is 2.34. The summed E-state index contributed by atoms with van der Waals surface area (Å²) in [6.07, 6.45) is 7.10. The minimum absolute atomic E-state index is 0. The Balaban J connectivity index is 0.00000312. The molecular weight excluding hydrogens is 427 g/mol. The number of aliphatic imine (C=N–C) groups is 1. The molecule has 1 saturated carbocycles. The van der Waals surface area contributed by atoms with Crippen molar-refractivity contribution in [3.05, 3.63) is 23.0 Å². The normalized spacial score (nSPS) is 15.8. The van der Waals surface area contributed by atoms with E-state index < -0.39 is 0 Å². The third-order valence-electron chi connectivity index (χ3n) is 5.28. The number of methoxy groups -OCH3 is 1. The van der Waals surface area contributed by atoms with E-state index in [9.17, 15) is 0 Å². The van der Waals surface area contributed by atoms with Gasteiger partial charge in [0.1, 0.15) is 5.75 Å². The lowest BCUT2D eigenvalue weighted by molar-refractivity contribution is 0.131. The van der Waals surface area contributed by atoms with Crippen molar-refractivity contribution >= 4 is 29.9 Å². The molecule has 1 aliphatic rings. The van der Waals surface area contributed by atoms with Crippen LogP contribution in [0.3, 0.4) is 0 Å². The molecule has 1 aromatic rings. The first-order chi connectivity index (χ1) is 11.5. The maximum Gasteiger partial charge on any atom is 0.191 e. The summed E-state index contributed by atoms with van der Waals surface area (Å²) >= 11 is 0. The van der Waals surface area contributed by atoms with Gasteiger partial charge in [-0.2, -0.15) is 0 Å². The summed E-state index contributed by atoms with van der Waals surface area (Å²) in [5, 5.41) is 6.86. The van der Waals surface area contributed by atoms with Crippen LogP contribution in [0, 0.1) is 19.3 Å². The standard InChI is InChI=1S/C19H32N4O.HI/c1-6-19(9-8-10-19)13-23-18(20-7-2)22-12-16-15(4)17(24-5)14(3)11-21-16;/h11H,6-10,12-13H2,1-5H3,(H2,20,22,23);1H. The Kier molecular flexibility index (Phi) is 8.96. The van der Waals surface area contributed by atoms with Crippen molar-refractivity contribution in [2.75, 3.05) is 20.2 Å². The molecule has 0 amide bonds. The summed E-state index contributed by atoms with van der Waals surface area (Å²) in [5.41, 5.74) is 3.56. The van der Waals surface area contributed by atoms with Crippen LogP contribution in [-0.4, -0.2) is 31.1 Å². The number of hydrogen-bond donors (Lipinski definition) is 2. The molecule has 0 spiro atoms. The van der Waals surface area contributed by atoms with Crippen molar-refractivity contribution in [1.82, 2.24) is 15.6 Å². The van der Waals surface area contributed by atoms with Crippen LogP contribution in [-0.2, 0) is 6.54 Å². The molecule has 1 heterocycles. The fraction of sp³-hybridized carbons (Fsp3) is 0.684. The summed E-state index contributed by atoms with van der Waals surface area (Å²) in [6, 6.07) is 0.